The van der Waals surface area contributed by atoms with E-state index < -0.39 is 0 Å². The van der Waals surface area contributed by atoms with Gasteiger partial charge in [-0.1, -0.05) is 36.4 Å². The molecule has 168 valence electrons. The Bertz CT molecular complexity index is 1260. The van der Waals surface area contributed by atoms with Gasteiger partial charge < -0.3 is 5.73 Å². The standard InChI is InChI=1S/C25H27N7O/c26-23-13-22(18-8-6-16(7-9-18)12-24(33)31-27)30-25-20(15-29-32(23)25)19-10-11-21(28-14-19)17-4-2-1-3-5-17/h1-5,10-11,13-16,18H,6-9,12,26-27H2,(H,31,33). The van der Waals surface area contributed by atoms with E-state index >= 15 is 0 Å². The van der Waals surface area contributed by atoms with Gasteiger partial charge in [0.25, 0.3) is 0 Å². The molecule has 0 saturated heterocycles. The van der Waals surface area contributed by atoms with Crippen molar-refractivity contribution in [1.29, 1.82) is 0 Å². The second kappa shape index (κ2) is 8.99. The number of carbonyl (C=O) groups is 1. The van der Waals surface area contributed by atoms with Gasteiger partial charge in [-0.3, -0.25) is 15.2 Å². The lowest BCUT2D eigenvalue weighted by Crippen LogP contribution is -2.32. The number of hydrogen-bond acceptors (Lipinski definition) is 6. The summed E-state index contributed by atoms with van der Waals surface area (Å²) in [6.45, 7) is 0. The number of hydrogen-bond donors (Lipinski definition) is 3. The number of nitrogen functional groups attached to an aromatic ring is 1. The minimum Gasteiger partial charge on any atom is -0.384 e. The summed E-state index contributed by atoms with van der Waals surface area (Å²) >= 11 is 0. The van der Waals surface area contributed by atoms with Crippen LogP contribution in [0.2, 0.25) is 0 Å². The van der Waals surface area contributed by atoms with Crippen LogP contribution in [0.15, 0.2) is 60.9 Å². The van der Waals surface area contributed by atoms with Gasteiger partial charge in [0, 0.05) is 47.0 Å². The molecule has 1 aliphatic rings. The minimum absolute atomic E-state index is 0.0990. The highest BCUT2D eigenvalue weighted by atomic mass is 16.2. The molecule has 1 saturated carbocycles. The molecule has 0 bridgehead atoms. The van der Waals surface area contributed by atoms with Crippen LogP contribution in [-0.2, 0) is 4.79 Å². The van der Waals surface area contributed by atoms with Crippen LogP contribution in [-0.4, -0.2) is 25.5 Å². The van der Waals surface area contributed by atoms with Crippen LogP contribution in [0, 0.1) is 5.92 Å². The summed E-state index contributed by atoms with van der Waals surface area (Å²) in [5.74, 6) is 6.38. The van der Waals surface area contributed by atoms with Crippen molar-refractivity contribution in [2.24, 2.45) is 11.8 Å². The molecule has 1 aliphatic carbocycles. The monoisotopic (exact) mass is 441 g/mol. The Morgan fingerprint density at radius 1 is 1.03 bits per heavy atom. The Labute approximate surface area is 192 Å². The van der Waals surface area contributed by atoms with Crippen LogP contribution in [0.5, 0.6) is 0 Å². The van der Waals surface area contributed by atoms with Crippen molar-refractivity contribution in [3.63, 3.8) is 0 Å². The van der Waals surface area contributed by atoms with Crippen LogP contribution in [0.25, 0.3) is 28.0 Å². The first-order valence-electron chi connectivity index (χ1n) is 11.3. The van der Waals surface area contributed by atoms with E-state index in [1.165, 1.54) is 0 Å². The number of anilines is 1. The molecule has 8 heteroatoms. The number of nitrogens with zero attached hydrogens (tertiary/aromatic N) is 4. The molecule has 5 rings (SSSR count). The fourth-order valence-corrected chi connectivity index (χ4v) is 4.73. The number of fused-ring (bicyclic) bond motifs is 1. The number of hydrazine groups is 1. The number of amides is 1. The third-order valence-electron chi connectivity index (χ3n) is 6.56. The summed E-state index contributed by atoms with van der Waals surface area (Å²) in [7, 11) is 0. The number of aromatic nitrogens is 4. The molecule has 5 N–H and O–H groups in total. The van der Waals surface area contributed by atoms with Crippen LogP contribution in [0.4, 0.5) is 5.82 Å². The molecular formula is C25H27N7O. The number of nitrogens with two attached hydrogens (primary N) is 2. The van der Waals surface area contributed by atoms with E-state index in [1.54, 1.807) is 10.7 Å². The number of pyridine rings is 1. The molecule has 3 heterocycles. The number of carbonyl (C=O) groups excluding carboxylic acids is 1. The second-order valence-corrected chi connectivity index (χ2v) is 8.69. The normalized spacial score (nSPS) is 18.3. The predicted octanol–water partition coefficient (Wildman–Crippen LogP) is 3.69. The third kappa shape index (κ3) is 4.29. The van der Waals surface area contributed by atoms with Gasteiger partial charge in [0.05, 0.1) is 11.9 Å². The molecule has 4 aromatic rings. The number of nitrogens with one attached hydrogen (secondary N) is 1. The van der Waals surface area contributed by atoms with Crippen LogP contribution in [0.1, 0.15) is 43.7 Å². The Balaban J connectivity index is 1.40. The van der Waals surface area contributed by atoms with Crippen molar-refractivity contribution in [3.05, 3.63) is 66.6 Å². The van der Waals surface area contributed by atoms with E-state index in [4.69, 9.17) is 16.6 Å². The summed E-state index contributed by atoms with van der Waals surface area (Å²) in [6.07, 6.45) is 8.03. The molecule has 0 unspecified atom stereocenters. The quantitative estimate of drug-likeness (QED) is 0.246. The molecule has 1 fully saturated rings. The zero-order chi connectivity index (χ0) is 22.8. The van der Waals surface area contributed by atoms with E-state index in [-0.39, 0.29) is 5.91 Å². The highest BCUT2D eigenvalue weighted by Crippen LogP contribution is 2.37. The molecule has 0 aliphatic heterocycles. The fourth-order valence-electron chi connectivity index (χ4n) is 4.73. The van der Waals surface area contributed by atoms with Crippen molar-refractivity contribution < 1.29 is 4.79 Å². The van der Waals surface area contributed by atoms with Crippen molar-refractivity contribution in [2.75, 3.05) is 5.73 Å². The average molecular weight is 442 g/mol. The smallest absolute Gasteiger partial charge is 0.234 e. The first kappa shape index (κ1) is 21.1. The van der Waals surface area contributed by atoms with Gasteiger partial charge in [-0.2, -0.15) is 9.61 Å². The van der Waals surface area contributed by atoms with Gasteiger partial charge in [-0.25, -0.2) is 10.8 Å². The molecule has 3 aromatic heterocycles. The fraction of sp³-hybridized carbons (Fsp3) is 0.280. The highest BCUT2D eigenvalue weighted by Gasteiger charge is 2.26. The maximum atomic E-state index is 11.6. The van der Waals surface area contributed by atoms with E-state index in [1.807, 2.05) is 54.7 Å². The van der Waals surface area contributed by atoms with Crippen molar-refractivity contribution in [3.8, 4) is 22.4 Å². The van der Waals surface area contributed by atoms with Crippen molar-refractivity contribution >= 4 is 17.4 Å². The number of benzene rings is 1. The topological polar surface area (TPSA) is 124 Å². The summed E-state index contributed by atoms with van der Waals surface area (Å²) < 4.78 is 1.68. The maximum Gasteiger partial charge on any atom is 0.234 e. The molecular weight excluding hydrogens is 414 g/mol. The van der Waals surface area contributed by atoms with Gasteiger partial charge in [-0.15, -0.1) is 0 Å². The van der Waals surface area contributed by atoms with Crippen LogP contribution < -0.4 is 17.0 Å². The van der Waals surface area contributed by atoms with E-state index in [9.17, 15) is 4.79 Å². The Morgan fingerprint density at radius 2 is 1.82 bits per heavy atom. The largest absolute Gasteiger partial charge is 0.384 e. The van der Waals surface area contributed by atoms with Gasteiger partial charge in [0.2, 0.25) is 5.91 Å². The first-order chi connectivity index (χ1) is 16.1. The molecule has 0 radical (unpaired) electrons. The molecule has 33 heavy (non-hydrogen) atoms. The van der Waals surface area contributed by atoms with Crippen molar-refractivity contribution in [2.45, 2.75) is 38.0 Å². The molecule has 8 nitrogen and oxygen atoms in total. The summed E-state index contributed by atoms with van der Waals surface area (Å²) in [5.41, 5.74) is 14.2. The Morgan fingerprint density at radius 3 is 2.52 bits per heavy atom. The lowest BCUT2D eigenvalue weighted by Gasteiger charge is -2.27. The number of rotatable bonds is 5. The average Bonchev–Trinajstić information content (AvgIpc) is 3.30. The molecule has 0 atom stereocenters. The minimum atomic E-state index is -0.0990. The van der Waals surface area contributed by atoms with Crippen LogP contribution in [0.3, 0.4) is 0 Å². The Hall–Kier alpha value is -3.78. The van der Waals surface area contributed by atoms with E-state index in [0.29, 0.717) is 24.1 Å². The summed E-state index contributed by atoms with van der Waals surface area (Å²) in [5, 5.41) is 4.46. The third-order valence-corrected chi connectivity index (χ3v) is 6.56. The molecule has 0 spiro atoms. The predicted molar refractivity (Wildman–Crippen MR) is 128 cm³/mol. The van der Waals surface area contributed by atoms with Gasteiger partial charge in [0.1, 0.15) is 5.82 Å². The molecule has 1 amide bonds. The molecule has 1 aromatic carbocycles. The Kier molecular flexibility index (Phi) is 5.75. The zero-order valence-electron chi connectivity index (χ0n) is 18.3. The maximum absolute atomic E-state index is 11.6. The van der Waals surface area contributed by atoms with Gasteiger partial charge in [-0.05, 0) is 37.7 Å². The highest BCUT2D eigenvalue weighted by molar-refractivity contribution is 5.78. The van der Waals surface area contributed by atoms with Crippen LogP contribution >= 0.6 is 0 Å². The van der Waals surface area contributed by atoms with E-state index in [2.05, 4.69) is 15.5 Å². The first-order valence-corrected chi connectivity index (χ1v) is 11.3. The zero-order valence-corrected chi connectivity index (χ0v) is 18.3. The van der Waals surface area contributed by atoms with Gasteiger partial charge in [0.15, 0.2) is 5.65 Å². The summed E-state index contributed by atoms with van der Waals surface area (Å²) in [6, 6.07) is 16.1. The van der Waals surface area contributed by atoms with Gasteiger partial charge >= 0.3 is 0 Å². The van der Waals surface area contributed by atoms with E-state index in [0.717, 1.165) is 59.4 Å². The SMILES string of the molecule is NNC(=O)CC1CCC(c2cc(N)n3ncc(-c4ccc(-c5ccccc5)nc4)c3n2)CC1. The van der Waals surface area contributed by atoms with Crippen molar-refractivity contribution in [1.82, 2.24) is 25.0 Å². The lowest BCUT2D eigenvalue weighted by molar-refractivity contribution is -0.122. The second-order valence-electron chi connectivity index (χ2n) is 8.69. The summed E-state index contributed by atoms with van der Waals surface area (Å²) in [4.78, 5) is 21.2. The lowest BCUT2D eigenvalue weighted by atomic mass is 9.79.